The lowest BCUT2D eigenvalue weighted by Crippen LogP contribution is -2.42. The summed E-state index contributed by atoms with van der Waals surface area (Å²) in [6.07, 6.45) is 2.40. The van der Waals surface area contributed by atoms with Crippen LogP contribution in [-0.2, 0) is 25.3 Å². The van der Waals surface area contributed by atoms with E-state index in [-0.39, 0.29) is 11.8 Å². The maximum absolute atomic E-state index is 12.2. The summed E-state index contributed by atoms with van der Waals surface area (Å²) in [6, 6.07) is 0. The number of nitrogens with zero attached hydrogens (tertiary/aromatic N) is 4. The van der Waals surface area contributed by atoms with Crippen molar-refractivity contribution < 1.29 is 9.53 Å². The molecule has 154 valence electrons. The van der Waals surface area contributed by atoms with Crippen LogP contribution < -0.4 is 5.69 Å². The van der Waals surface area contributed by atoms with Crippen molar-refractivity contribution in [2.75, 3.05) is 18.8 Å². The average molecular weight is 425 g/mol. The van der Waals surface area contributed by atoms with Crippen molar-refractivity contribution in [2.24, 2.45) is 25.0 Å². The van der Waals surface area contributed by atoms with Crippen LogP contribution in [0.1, 0.15) is 39.2 Å². The topological polar surface area (TPSA) is 68.8 Å². The first-order valence-electron chi connectivity index (χ1n) is 9.54. The number of thioether (sulfide) groups is 1. The minimum atomic E-state index is -0.459. The van der Waals surface area contributed by atoms with E-state index in [2.05, 4.69) is 4.99 Å². The number of ether oxygens (including phenoxy) is 1. The lowest BCUT2D eigenvalue weighted by Gasteiger charge is -2.33. The lowest BCUT2D eigenvalue weighted by atomic mass is 9.99. The Bertz CT molecular complexity index is 919. The number of hydrogen-bond donors (Lipinski definition) is 0. The van der Waals surface area contributed by atoms with Crippen LogP contribution in [0.25, 0.3) is 0 Å². The molecule has 0 bridgehead atoms. The molecule has 0 aliphatic carbocycles. The Balaban J connectivity index is 1.54. The average Bonchev–Trinajstić information content (AvgIpc) is 3.06. The molecule has 1 saturated heterocycles. The van der Waals surface area contributed by atoms with E-state index in [1.165, 1.54) is 4.57 Å². The monoisotopic (exact) mass is 424 g/mol. The minimum Gasteiger partial charge on any atom is -0.444 e. The molecule has 0 radical (unpaired) electrons. The molecule has 0 saturated carbocycles. The second kappa shape index (κ2) is 8.02. The first-order chi connectivity index (χ1) is 13.1. The fourth-order valence-corrected chi connectivity index (χ4v) is 4.82. The van der Waals surface area contributed by atoms with E-state index in [1.54, 1.807) is 35.3 Å². The number of carbonyl (C=O) groups excluding carboxylic acids is 1. The van der Waals surface area contributed by atoms with E-state index in [9.17, 15) is 9.59 Å². The smallest absolute Gasteiger partial charge is 0.410 e. The molecule has 0 unspecified atom stereocenters. The predicted molar refractivity (Wildman–Crippen MR) is 115 cm³/mol. The van der Waals surface area contributed by atoms with Gasteiger partial charge in [0.05, 0.1) is 5.04 Å². The summed E-state index contributed by atoms with van der Waals surface area (Å²) >= 11 is 7.16. The molecule has 1 aromatic heterocycles. The maximum Gasteiger partial charge on any atom is 0.410 e. The Kier molecular flexibility index (Phi) is 6.05. The van der Waals surface area contributed by atoms with Gasteiger partial charge in [-0.3, -0.25) is 9.13 Å². The molecule has 3 heterocycles. The molecule has 1 aromatic rings. The lowest BCUT2D eigenvalue weighted by molar-refractivity contribution is 0.0191. The van der Waals surface area contributed by atoms with Crippen molar-refractivity contribution in [2.45, 2.75) is 45.6 Å². The van der Waals surface area contributed by atoms with Gasteiger partial charge in [-0.25, -0.2) is 14.6 Å². The van der Waals surface area contributed by atoms with Crippen molar-refractivity contribution >= 4 is 40.9 Å². The van der Waals surface area contributed by atoms with Crippen LogP contribution in [0, 0.1) is 10.6 Å². The Morgan fingerprint density at radius 1 is 1.25 bits per heavy atom. The van der Waals surface area contributed by atoms with Gasteiger partial charge in [0.25, 0.3) is 0 Å². The standard InChI is InChI=1S/C19H28N4O3S2/c1-19(2,3)26-18(25)23-8-6-12(7-9-23)11-28-14-10-13-15(20-14)21(4)17(24)22(5)16(13)27/h12H,6-11H2,1-5H3. The largest absolute Gasteiger partial charge is 0.444 e. The van der Waals surface area contributed by atoms with Crippen molar-refractivity contribution in [3.05, 3.63) is 20.7 Å². The van der Waals surface area contributed by atoms with Gasteiger partial charge >= 0.3 is 11.8 Å². The number of amides is 1. The third kappa shape index (κ3) is 4.51. The second-order valence-corrected chi connectivity index (χ2v) is 9.89. The number of carbonyl (C=O) groups is 1. The summed E-state index contributed by atoms with van der Waals surface area (Å²) < 4.78 is 9.10. The fraction of sp³-hybridized carbons (Fsp3) is 0.684. The third-order valence-electron chi connectivity index (χ3n) is 5.03. The number of likely N-dealkylation sites (tertiary alicyclic amines) is 1. The number of aromatic nitrogens is 2. The number of rotatable bonds is 2. The van der Waals surface area contributed by atoms with E-state index < -0.39 is 5.60 Å². The highest BCUT2D eigenvalue weighted by molar-refractivity contribution is 8.14. The van der Waals surface area contributed by atoms with Crippen LogP contribution in [0.3, 0.4) is 0 Å². The number of aliphatic imine (C=N–C) groups is 1. The van der Waals surface area contributed by atoms with Crippen molar-refractivity contribution in [1.29, 1.82) is 0 Å². The van der Waals surface area contributed by atoms with Crippen molar-refractivity contribution in [3.8, 4) is 0 Å². The molecule has 0 spiro atoms. The number of piperidine rings is 1. The van der Waals surface area contributed by atoms with Crippen LogP contribution in [0.5, 0.6) is 0 Å². The molecule has 7 nitrogen and oxygen atoms in total. The van der Waals surface area contributed by atoms with Crippen molar-refractivity contribution in [1.82, 2.24) is 14.0 Å². The summed E-state index contributed by atoms with van der Waals surface area (Å²) in [5.41, 5.74) is 0.356. The van der Waals surface area contributed by atoms with Gasteiger partial charge in [0.2, 0.25) is 0 Å². The summed E-state index contributed by atoms with van der Waals surface area (Å²) in [4.78, 5) is 30.8. The summed E-state index contributed by atoms with van der Waals surface area (Å²) in [5.74, 6) is 2.19. The highest BCUT2D eigenvalue weighted by Crippen LogP contribution is 2.31. The summed E-state index contributed by atoms with van der Waals surface area (Å²) in [5, 5.41) is 1.01. The zero-order valence-corrected chi connectivity index (χ0v) is 18.8. The quantitative estimate of drug-likeness (QED) is 0.681. The predicted octanol–water partition coefficient (Wildman–Crippen LogP) is 3.42. The minimum absolute atomic E-state index is 0.145. The van der Waals surface area contributed by atoms with Gasteiger partial charge in [-0.2, -0.15) is 0 Å². The molecule has 0 aromatic carbocycles. The summed E-state index contributed by atoms with van der Waals surface area (Å²) in [6.45, 7) is 7.12. The van der Waals surface area contributed by atoms with Crippen LogP contribution in [0.2, 0.25) is 0 Å². The molecular weight excluding hydrogens is 396 g/mol. The molecule has 28 heavy (non-hydrogen) atoms. The van der Waals surface area contributed by atoms with Gasteiger partial charge in [-0.15, -0.1) is 11.8 Å². The van der Waals surface area contributed by atoms with Gasteiger partial charge in [0, 0.05) is 44.9 Å². The van der Waals surface area contributed by atoms with E-state index in [0.29, 0.717) is 22.8 Å². The van der Waals surface area contributed by atoms with E-state index in [4.69, 9.17) is 17.0 Å². The van der Waals surface area contributed by atoms with E-state index in [1.807, 2.05) is 20.8 Å². The molecule has 0 N–H and O–H groups in total. The van der Waals surface area contributed by atoms with E-state index in [0.717, 1.165) is 42.3 Å². The second-order valence-electron chi connectivity index (χ2n) is 8.41. The first-order valence-corrected chi connectivity index (χ1v) is 10.9. The van der Waals surface area contributed by atoms with Crippen LogP contribution in [0.4, 0.5) is 10.6 Å². The SMILES string of the molecule is Cn1c2c(c(=S)n(C)c1=O)CC(SCC1CCN(C(=O)OC(C)(C)C)CC1)=N2. The number of fused-ring (bicyclic) bond motifs is 1. The van der Waals surface area contributed by atoms with Crippen LogP contribution in [-0.4, -0.2) is 49.6 Å². The molecule has 1 amide bonds. The first kappa shape index (κ1) is 21.1. The van der Waals surface area contributed by atoms with Gasteiger partial charge in [-0.05, 0) is 39.5 Å². The zero-order chi connectivity index (χ0) is 20.6. The van der Waals surface area contributed by atoms with E-state index >= 15 is 0 Å². The summed E-state index contributed by atoms with van der Waals surface area (Å²) in [7, 11) is 3.44. The number of hydrogen-bond acceptors (Lipinski definition) is 6. The Labute approximate surface area is 174 Å². The molecule has 3 rings (SSSR count). The maximum atomic E-state index is 12.2. The molecule has 0 atom stereocenters. The molecular formula is C19H28N4O3S2. The van der Waals surface area contributed by atoms with Crippen LogP contribution >= 0.6 is 24.0 Å². The third-order valence-corrected chi connectivity index (χ3v) is 6.76. The molecule has 1 fully saturated rings. The van der Waals surface area contributed by atoms with Crippen LogP contribution in [0.15, 0.2) is 9.79 Å². The Morgan fingerprint density at radius 2 is 1.89 bits per heavy atom. The highest BCUT2D eigenvalue weighted by atomic mass is 32.2. The molecule has 9 heteroatoms. The van der Waals surface area contributed by atoms with Gasteiger partial charge in [-0.1, -0.05) is 12.2 Å². The van der Waals surface area contributed by atoms with Crippen molar-refractivity contribution in [3.63, 3.8) is 0 Å². The highest BCUT2D eigenvalue weighted by Gasteiger charge is 2.28. The van der Waals surface area contributed by atoms with Gasteiger partial charge in [0.1, 0.15) is 16.1 Å². The molecule has 2 aliphatic rings. The van der Waals surface area contributed by atoms with Gasteiger partial charge in [0.15, 0.2) is 0 Å². The Hall–Kier alpha value is -1.61. The normalized spacial score (nSPS) is 17.5. The molecule has 2 aliphatic heterocycles. The zero-order valence-electron chi connectivity index (χ0n) is 17.2. The fourth-order valence-electron chi connectivity index (χ4n) is 3.42. The van der Waals surface area contributed by atoms with Gasteiger partial charge < -0.3 is 9.64 Å². The Morgan fingerprint density at radius 3 is 2.50 bits per heavy atom.